The minimum atomic E-state index is -4.43. The van der Waals surface area contributed by atoms with E-state index in [-0.39, 0.29) is 32.1 Å². The fourth-order valence-corrected chi connectivity index (χ4v) is 8.38. The predicted octanol–water partition coefficient (Wildman–Crippen LogP) is 16.2. The van der Waals surface area contributed by atoms with Gasteiger partial charge in [0, 0.05) is 19.4 Å². The van der Waals surface area contributed by atoms with Gasteiger partial charge in [-0.1, -0.05) is 217 Å². The van der Waals surface area contributed by atoms with Crippen LogP contribution in [0.5, 0.6) is 0 Å². The van der Waals surface area contributed by atoms with E-state index in [0.29, 0.717) is 6.42 Å². The lowest BCUT2D eigenvalue weighted by molar-refractivity contribution is -0.147. The normalized spacial score (nSPS) is 13.5. The molecule has 0 radical (unpaired) electrons. The number of phosphoric ester groups is 1. The van der Waals surface area contributed by atoms with Crippen molar-refractivity contribution in [3.8, 4) is 0 Å². The quantitative estimate of drug-likeness (QED) is 0.0238. The second kappa shape index (κ2) is 51.4. The van der Waals surface area contributed by atoms with E-state index >= 15 is 0 Å². The van der Waals surface area contributed by atoms with Crippen molar-refractivity contribution in [1.82, 2.24) is 5.32 Å². The monoisotopic (exact) mass is 936 g/mol. The summed E-state index contributed by atoms with van der Waals surface area (Å²) in [5, 5.41) is 12.8. The van der Waals surface area contributed by atoms with E-state index in [1.807, 2.05) is 0 Å². The summed E-state index contributed by atoms with van der Waals surface area (Å²) < 4.78 is 27.0. The Kier molecular flexibility index (Phi) is 49.8. The van der Waals surface area contributed by atoms with Crippen molar-refractivity contribution >= 4 is 19.7 Å². The van der Waals surface area contributed by atoms with E-state index in [9.17, 15) is 24.2 Å². The van der Waals surface area contributed by atoms with Gasteiger partial charge >= 0.3 is 13.8 Å². The Morgan fingerprint density at radius 2 is 0.831 bits per heavy atom. The van der Waals surface area contributed by atoms with Crippen molar-refractivity contribution in [3.63, 3.8) is 0 Å². The molecule has 0 aliphatic rings. The van der Waals surface area contributed by atoms with Gasteiger partial charge in [-0.05, 0) is 77.0 Å². The second-order valence-electron chi connectivity index (χ2n) is 18.2. The number of aliphatic hydroxyl groups is 1. The molecule has 380 valence electrons. The molecule has 1 amide bonds. The molecule has 3 N–H and O–H groups in total. The number of esters is 1. The number of amides is 1. The molecule has 0 saturated carbocycles. The zero-order chi connectivity index (χ0) is 47.4. The average Bonchev–Trinajstić information content (AvgIpc) is 3.29. The number of phosphoric acid groups is 1. The molecule has 0 fully saturated rings. The number of carbonyl (C=O) groups is 2. The minimum Gasteiger partial charge on any atom is -0.463 e. The van der Waals surface area contributed by atoms with Gasteiger partial charge in [0.25, 0.3) is 0 Å². The number of hydrogen-bond acceptors (Lipinski definition) is 7. The first-order valence-corrected chi connectivity index (χ1v) is 28.6. The maximum absolute atomic E-state index is 12.2. The largest absolute Gasteiger partial charge is 0.472 e. The highest BCUT2D eigenvalue weighted by Crippen LogP contribution is 2.42. The molecule has 0 aliphatic carbocycles. The highest BCUT2D eigenvalue weighted by Gasteiger charge is 2.23. The molecule has 0 aromatic rings. The molecule has 0 spiro atoms. The number of aliphatic hydroxyl groups excluding tert-OH is 1. The Morgan fingerprint density at radius 3 is 1.29 bits per heavy atom. The van der Waals surface area contributed by atoms with E-state index in [2.05, 4.69) is 67.8 Å². The maximum Gasteiger partial charge on any atom is 0.472 e. The van der Waals surface area contributed by atoms with Crippen LogP contribution in [0.2, 0.25) is 0 Å². The summed E-state index contributed by atoms with van der Waals surface area (Å²) in [5.74, 6) is -0.515. The Bertz CT molecular complexity index is 1200. The molecule has 10 heteroatoms. The third kappa shape index (κ3) is 52.8. The molecular formula is C55H102NO8P. The van der Waals surface area contributed by atoms with Crippen molar-refractivity contribution in [2.75, 3.05) is 26.4 Å². The number of unbranched alkanes of at least 4 members (excludes halogenated alkanes) is 30. The molecule has 2 atom stereocenters. The summed E-state index contributed by atoms with van der Waals surface area (Å²) in [6.07, 6.45) is 61.9. The van der Waals surface area contributed by atoms with Gasteiger partial charge in [0.05, 0.1) is 13.2 Å². The fourth-order valence-electron chi connectivity index (χ4n) is 7.62. The van der Waals surface area contributed by atoms with Gasteiger partial charge in [-0.15, -0.1) is 0 Å². The van der Waals surface area contributed by atoms with Crippen LogP contribution in [-0.4, -0.2) is 54.3 Å². The van der Waals surface area contributed by atoms with Crippen LogP contribution >= 0.6 is 7.82 Å². The zero-order valence-corrected chi connectivity index (χ0v) is 43.1. The second-order valence-corrected chi connectivity index (χ2v) is 19.6. The third-order valence-electron chi connectivity index (χ3n) is 11.7. The summed E-state index contributed by atoms with van der Waals surface area (Å²) in [6, 6.07) is 0. The molecule has 0 bridgehead atoms. The van der Waals surface area contributed by atoms with Crippen molar-refractivity contribution in [3.05, 3.63) is 48.6 Å². The van der Waals surface area contributed by atoms with Crippen molar-refractivity contribution in [2.24, 2.45) is 0 Å². The van der Waals surface area contributed by atoms with Crippen LogP contribution in [0.15, 0.2) is 48.6 Å². The Hall–Kier alpha value is -2.03. The first-order valence-electron chi connectivity index (χ1n) is 27.1. The van der Waals surface area contributed by atoms with Crippen molar-refractivity contribution < 1.29 is 37.9 Å². The number of nitrogens with one attached hydrogen (secondary N) is 1. The van der Waals surface area contributed by atoms with Gasteiger partial charge in [0.2, 0.25) is 5.91 Å². The average molecular weight is 936 g/mol. The van der Waals surface area contributed by atoms with Crippen LogP contribution in [0.25, 0.3) is 0 Å². The van der Waals surface area contributed by atoms with Crippen molar-refractivity contribution in [1.29, 1.82) is 0 Å². The van der Waals surface area contributed by atoms with Gasteiger partial charge in [-0.25, -0.2) is 4.57 Å². The Morgan fingerprint density at radius 1 is 0.477 bits per heavy atom. The van der Waals surface area contributed by atoms with E-state index in [1.165, 1.54) is 180 Å². The predicted molar refractivity (Wildman–Crippen MR) is 275 cm³/mol. The molecule has 0 aromatic carbocycles. The van der Waals surface area contributed by atoms with Crippen LogP contribution in [0.3, 0.4) is 0 Å². The minimum absolute atomic E-state index is 0.0814. The van der Waals surface area contributed by atoms with E-state index in [4.69, 9.17) is 13.8 Å². The standard InChI is InChI=1S/C55H102NO8P/c1-3-5-7-9-11-13-15-17-19-21-23-25-26-28-30-32-34-36-38-40-42-44-46-48-55(59)62-51-53(57)52-64-65(60,61)63-50-49-56-54(58)47-45-43-41-39-37-35-33-31-29-27-24-22-20-18-16-14-12-10-8-6-4-2/h11,13,17-20,23,25,53,57H,3-10,12,14-16,21-22,24,26-52H2,1-2H3,(H,56,58)(H,60,61)/b13-11-,19-17-,20-18+,25-23-. The van der Waals surface area contributed by atoms with Crippen LogP contribution in [0.1, 0.15) is 258 Å². The van der Waals surface area contributed by atoms with E-state index in [0.717, 1.165) is 51.4 Å². The SMILES string of the molecule is CCCCC/C=C\C/C=C\C/C=C\CCCCCCCCCCCCC(=O)OCC(O)COP(=O)(O)OCCNC(=O)CCCCCCCCCCCCC/C=C/CCCCCCCC. The summed E-state index contributed by atoms with van der Waals surface area (Å²) in [6.45, 7) is 3.56. The molecule has 0 aliphatic heterocycles. The molecule has 0 rings (SSSR count). The first-order chi connectivity index (χ1) is 31.8. The number of ether oxygens (including phenoxy) is 1. The van der Waals surface area contributed by atoms with Gasteiger partial charge in [0.1, 0.15) is 12.7 Å². The summed E-state index contributed by atoms with van der Waals surface area (Å²) in [5.41, 5.74) is 0. The van der Waals surface area contributed by atoms with Crippen LogP contribution in [0, 0.1) is 0 Å². The van der Waals surface area contributed by atoms with Crippen molar-refractivity contribution in [2.45, 2.75) is 264 Å². The number of allylic oxidation sites excluding steroid dienone is 8. The van der Waals surface area contributed by atoms with Gasteiger partial charge in [-0.3, -0.25) is 18.6 Å². The Labute approximate surface area is 400 Å². The van der Waals surface area contributed by atoms with E-state index < -0.39 is 26.5 Å². The van der Waals surface area contributed by atoms with Crippen LogP contribution in [-0.2, 0) is 27.9 Å². The number of rotatable bonds is 51. The zero-order valence-electron chi connectivity index (χ0n) is 42.2. The lowest BCUT2D eigenvalue weighted by Crippen LogP contribution is -2.27. The highest BCUT2D eigenvalue weighted by molar-refractivity contribution is 7.47. The molecule has 9 nitrogen and oxygen atoms in total. The molecular weight excluding hydrogens is 834 g/mol. The summed E-state index contributed by atoms with van der Waals surface area (Å²) in [4.78, 5) is 34.1. The fraction of sp³-hybridized carbons (Fsp3) is 0.818. The highest BCUT2D eigenvalue weighted by atomic mass is 31.2. The van der Waals surface area contributed by atoms with Gasteiger partial charge in [-0.2, -0.15) is 0 Å². The number of hydrogen-bond donors (Lipinski definition) is 3. The smallest absolute Gasteiger partial charge is 0.463 e. The lowest BCUT2D eigenvalue weighted by Gasteiger charge is -2.15. The first kappa shape index (κ1) is 63.0. The third-order valence-corrected chi connectivity index (χ3v) is 12.7. The van der Waals surface area contributed by atoms with E-state index in [1.54, 1.807) is 0 Å². The van der Waals surface area contributed by atoms with Gasteiger partial charge in [0.15, 0.2) is 0 Å². The lowest BCUT2D eigenvalue weighted by atomic mass is 10.0. The Balaban J connectivity index is 3.55. The summed E-state index contributed by atoms with van der Waals surface area (Å²) >= 11 is 0. The molecule has 65 heavy (non-hydrogen) atoms. The molecule has 0 heterocycles. The summed E-state index contributed by atoms with van der Waals surface area (Å²) in [7, 11) is -4.43. The van der Waals surface area contributed by atoms with Gasteiger partial charge < -0.3 is 20.1 Å². The molecule has 0 saturated heterocycles. The van der Waals surface area contributed by atoms with Crippen LogP contribution < -0.4 is 5.32 Å². The molecule has 0 aromatic heterocycles. The topological polar surface area (TPSA) is 131 Å². The number of carbonyl (C=O) groups excluding carboxylic acids is 2. The molecule has 2 unspecified atom stereocenters. The maximum atomic E-state index is 12.2. The van der Waals surface area contributed by atoms with Crippen LogP contribution in [0.4, 0.5) is 0 Å².